The molecule has 0 amide bonds. The van der Waals surface area contributed by atoms with Gasteiger partial charge in [0.25, 0.3) is 0 Å². The Morgan fingerprint density at radius 3 is 2.65 bits per heavy atom. The predicted molar refractivity (Wildman–Crippen MR) is 83.5 cm³/mol. The normalized spacial score (nSPS) is 32.7. The van der Waals surface area contributed by atoms with E-state index in [9.17, 15) is 25.1 Å². The van der Waals surface area contributed by atoms with E-state index in [1.165, 1.54) is 12.1 Å². The monoisotopic (exact) mass is 319 g/mol. The smallest absolute Gasteiger partial charge is 0.310 e. The first-order valence-corrected chi connectivity index (χ1v) is 7.94. The number of carbonyl (C=O) groups is 1. The van der Waals surface area contributed by atoms with Gasteiger partial charge in [-0.25, -0.2) is 0 Å². The lowest BCUT2D eigenvalue weighted by Gasteiger charge is -2.53. The van der Waals surface area contributed by atoms with Crippen molar-refractivity contribution < 1.29 is 19.9 Å². The van der Waals surface area contributed by atoms with Crippen LogP contribution in [0.5, 0.6) is 5.75 Å². The fourth-order valence-corrected chi connectivity index (χ4v) is 4.89. The highest BCUT2D eigenvalue weighted by molar-refractivity contribution is 5.75. The van der Waals surface area contributed by atoms with Gasteiger partial charge in [0.05, 0.1) is 10.3 Å². The van der Waals surface area contributed by atoms with Crippen molar-refractivity contribution in [3.8, 4) is 5.75 Å². The maximum Gasteiger partial charge on any atom is 0.310 e. The Balaban J connectivity index is 2.15. The van der Waals surface area contributed by atoms with Crippen LogP contribution in [0.1, 0.15) is 50.7 Å². The quantitative estimate of drug-likeness (QED) is 0.642. The van der Waals surface area contributed by atoms with Gasteiger partial charge in [-0.05, 0) is 61.1 Å². The number of hydrogen-bond acceptors (Lipinski definition) is 4. The molecule has 0 aliphatic heterocycles. The minimum atomic E-state index is -0.790. The number of aryl methyl sites for hydroxylation is 1. The Morgan fingerprint density at radius 1 is 1.35 bits per heavy atom. The van der Waals surface area contributed by atoms with E-state index in [1.54, 1.807) is 0 Å². The molecule has 124 valence electrons. The second-order valence-electron chi connectivity index (χ2n) is 7.34. The topological polar surface area (TPSA) is 101 Å². The van der Waals surface area contributed by atoms with E-state index in [0.29, 0.717) is 19.3 Å². The van der Waals surface area contributed by atoms with Crippen molar-refractivity contribution in [2.75, 3.05) is 0 Å². The van der Waals surface area contributed by atoms with Crippen LogP contribution >= 0.6 is 0 Å². The molecule has 3 atom stereocenters. The highest BCUT2D eigenvalue weighted by atomic mass is 16.6. The lowest BCUT2D eigenvalue weighted by atomic mass is 9.50. The van der Waals surface area contributed by atoms with Crippen LogP contribution in [0.25, 0.3) is 0 Å². The zero-order valence-electron chi connectivity index (χ0n) is 13.3. The first-order chi connectivity index (χ1) is 10.7. The fraction of sp³-hybridized carbons (Fsp3) is 0.588. The molecule has 0 bridgehead atoms. The number of nitro benzene ring substituents is 1. The van der Waals surface area contributed by atoms with Gasteiger partial charge in [0.1, 0.15) is 0 Å². The second-order valence-corrected chi connectivity index (χ2v) is 7.34. The summed E-state index contributed by atoms with van der Waals surface area (Å²) in [6, 6.07) is 2.95. The molecule has 2 aliphatic carbocycles. The summed E-state index contributed by atoms with van der Waals surface area (Å²) in [4.78, 5) is 22.3. The number of hydrogen-bond donors (Lipinski definition) is 2. The van der Waals surface area contributed by atoms with E-state index in [0.717, 1.165) is 24.0 Å². The van der Waals surface area contributed by atoms with Gasteiger partial charge in [-0.2, -0.15) is 0 Å². The first kappa shape index (κ1) is 15.8. The molecule has 6 nitrogen and oxygen atoms in total. The summed E-state index contributed by atoms with van der Waals surface area (Å²) in [5, 5.41) is 30.8. The molecule has 6 heteroatoms. The van der Waals surface area contributed by atoms with Crippen LogP contribution in [-0.4, -0.2) is 21.1 Å². The standard InChI is InChI=1S/C17H21NO5/c1-16-6-3-7-17(2,15(20)21)14(16)5-4-10-8-12(18(22)23)13(19)9-11(10)16/h8-9,14,19H,3-7H2,1-2H3,(H,20,21)/t14-,16+,17-/m0/s1. The number of aromatic hydroxyl groups is 1. The molecule has 1 fully saturated rings. The third-order valence-corrected chi connectivity index (χ3v) is 6.13. The van der Waals surface area contributed by atoms with E-state index >= 15 is 0 Å². The molecule has 0 radical (unpaired) electrons. The van der Waals surface area contributed by atoms with Gasteiger partial charge in [0, 0.05) is 6.07 Å². The molecule has 0 saturated heterocycles. The number of carboxylic acid groups (broad SMARTS) is 1. The summed E-state index contributed by atoms with van der Waals surface area (Å²) in [7, 11) is 0. The Hall–Kier alpha value is -2.11. The second kappa shape index (κ2) is 4.94. The highest BCUT2D eigenvalue weighted by Crippen LogP contribution is 2.58. The van der Waals surface area contributed by atoms with Crippen LogP contribution in [-0.2, 0) is 16.6 Å². The number of nitro groups is 1. The van der Waals surface area contributed by atoms with Crippen molar-refractivity contribution in [2.24, 2.45) is 11.3 Å². The molecule has 0 heterocycles. The molecule has 0 unspecified atom stereocenters. The van der Waals surface area contributed by atoms with E-state index in [4.69, 9.17) is 0 Å². The highest BCUT2D eigenvalue weighted by Gasteiger charge is 2.55. The number of phenols is 1. The number of carboxylic acids is 1. The first-order valence-electron chi connectivity index (χ1n) is 7.94. The Kier molecular flexibility index (Phi) is 3.39. The average molecular weight is 319 g/mol. The summed E-state index contributed by atoms with van der Waals surface area (Å²) in [6.07, 6.45) is 3.60. The van der Waals surface area contributed by atoms with Crippen molar-refractivity contribution in [1.29, 1.82) is 0 Å². The van der Waals surface area contributed by atoms with E-state index in [1.807, 2.05) is 13.8 Å². The molecule has 1 saturated carbocycles. The molecular formula is C17H21NO5. The number of benzene rings is 1. The van der Waals surface area contributed by atoms with Crippen molar-refractivity contribution in [2.45, 2.75) is 51.4 Å². The van der Waals surface area contributed by atoms with Gasteiger partial charge in [0.15, 0.2) is 5.75 Å². The summed E-state index contributed by atoms with van der Waals surface area (Å²) >= 11 is 0. The molecule has 1 aromatic carbocycles. The summed E-state index contributed by atoms with van der Waals surface area (Å²) in [5.41, 5.74) is 0.308. The van der Waals surface area contributed by atoms with Crippen LogP contribution in [0.2, 0.25) is 0 Å². The minimum Gasteiger partial charge on any atom is -0.502 e. The van der Waals surface area contributed by atoms with Gasteiger partial charge in [-0.1, -0.05) is 13.3 Å². The zero-order chi connectivity index (χ0) is 17.0. The molecule has 3 rings (SSSR count). The number of aliphatic carboxylic acids is 1. The Bertz CT molecular complexity index is 700. The lowest BCUT2D eigenvalue weighted by Crippen LogP contribution is -2.52. The third kappa shape index (κ3) is 2.11. The molecule has 23 heavy (non-hydrogen) atoms. The van der Waals surface area contributed by atoms with Crippen LogP contribution < -0.4 is 0 Å². The number of nitrogens with zero attached hydrogens (tertiary/aromatic N) is 1. The maximum atomic E-state index is 11.9. The molecule has 2 aliphatic rings. The molecule has 0 spiro atoms. The summed E-state index contributed by atoms with van der Waals surface area (Å²) in [6.45, 7) is 3.86. The zero-order valence-corrected chi connectivity index (χ0v) is 13.3. The number of rotatable bonds is 2. The molecular weight excluding hydrogens is 298 g/mol. The fourth-order valence-electron chi connectivity index (χ4n) is 4.89. The number of phenolic OH excluding ortho intramolecular Hbond substituents is 1. The Morgan fingerprint density at radius 2 is 2.04 bits per heavy atom. The molecule has 1 aromatic rings. The SMILES string of the molecule is C[C@]1(C(=O)O)CCC[C@]2(C)c3cc(O)c([N+](=O)[O-])cc3CC[C@H]12. The van der Waals surface area contributed by atoms with Gasteiger partial charge < -0.3 is 10.2 Å². The van der Waals surface area contributed by atoms with E-state index < -0.39 is 16.3 Å². The van der Waals surface area contributed by atoms with Crippen molar-refractivity contribution in [3.63, 3.8) is 0 Å². The average Bonchev–Trinajstić information content (AvgIpc) is 2.46. The maximum absolute atomic E-state index is 11.9. The predicted octanol–water partition coefficient (Wildman–Crippen LogP) is 3.40. The van der Waals surface area contributed by atoms with Crippen LogP contribution in [0.3, 0.4) is 0 Å². The van der Waals surface area contributed by atoms with Crippen molar-refractivity contribution in [1.82, 2.24) is 0 Å². The van der Waals surface area contributed by atoms with E-state index in [2.05, 4.69) is 0 Å². The van der Waals surface area contributed by atoms with E-state index in [-0.39, 0.29) is 22.8 Å². The van der Waals surface area contributed by atoms with Crippen LogP contribution in [0.15, 0.2) is 12.1 Å². The van der Waals surface area contributed by atoms with Crippen molar-refractivity contribution in [3.05, 3.63) is 33.4 Å². The number of fused-ring (bicyclic) bond motifs is 3. The Labute approximate surface area is 134 Å². The van der Waals surface area contributed by atoms with Gasteiger partial charge in [0.2, 0.25) is 0 Å². The summed E-state index contributed by atoms with van der Waals surface area (Å²) in [5.74, 6) is -1.14. The van der Waals surface area contributed by atoms with Gasteiger partial charge >= 0.3 is 11.7 Å². The molecule has 0 aromatic heterocycles. The van der Waals surface area contributed by atoms with Crippen molar-refractivity contribution >= 4 is 11.7 Å². The largest absolute Gasteiger partial charge is 0.502 e. The van der Waals surface area contributed by atoms with Gasteiger partial charge in [-0.3, -0.25) is 14.9 Å². The van der Waals surface area contributed by atoms with Gasteiger partial charge in [-0.15, -0.1) is 0 Å². The van der Waals surface area contributed by atoms with Crippen LogP contribution in [0, 0.1) is 21.4 Å². The molecule has 2 N–H and O–H groups in total. The minimum absolute atomic E-state index is 0.0328. The van der Waals surface area contributed by atoms with Crippen LogP contribution in [0.4, 0.5) is 5.69 Å². The summed E-state index contributed by atoms with van der Waals surface area (Å²) < 4.78 is 0. The third-order valence-electron chi connectivity index (χ3n) is 6.13. The lowest BCUT2D eigenvalue weighted by molar-refractivity contribution is -0.386.